The van der Waals surface area contributed by atoms with Crippen LogP contribution in [0.2, 0.25) is 0 Å². The molecule has 0 aromatic heterocycles. The van der Waals surface area contributed by atoms with Gasteiger partial charge in [-0.1, -0.05) is 0 Å². The zero-order valence-electron chi connectivity index (χ0n) is 14.0. The Morgan fingerprint density at radius 1 is 0.857 bits per heavy atom. The molecule has 0 aliphatic rings. The van der Waals surface area contributed by atoms with Crippen LogP contribution in [0.25, 0.3) is 10.6 Å². The van der Waals surface area contributed by atoms with Crippen molar-refractivity contribution in [1.82, 2.24) is 5.32 Å². The topological polar surface area (TPSA) is 121 Å². The maximum absolute atomic E-state index is 8.00. The summed E-state index contributed by atoms with van der Waals surface area (Å²) in [5, 5.41) is 41.7. The molecule has 0 aromatic carbocycles. The van der Waals surface area contributed by atoms with Gasteiger partial charge in [0, 0.05) is 26.4 Å². The van der Waals surface area contributed by atoms with Crippen molar-refractivity contribution in [3.63, 3.8) is 0 Å². The van der Waals surface area contributed by atoms with Crippen LogP contribution in [-0.2, 0) is 21.7 Å². The van der Waals surface area contributed by atoms with Crippen LogP contribution in [0.3, 0.4) is 0 Å². The fraction of sp³-hybridized carbons (Fsp3) is 0.846. The number of aliphatic hydroxyl groups excluding tert-OH is 4. The Kier molecular flexibility index (Phi) is 106. The standard InChI is InChI=1S/C3H9NO.2C3H8NO.C3H7O.CH3.Ti/c3*1-4-2-3-5;1-2-3-4;;/h4-5H,2-3H2,1H3;2*5H,2-3H2,1H3;4H,1-3H2;1H3;/q;4*-1;+4. The summed E-state index contributed by atoms with van der Waals surface area (Å²) in [6.45, 7) is 5.98. The Morgan fingerprint density at radius 3 is 1.19 bits per heavy atom. The van der Waals surface area contributed by atoms with Crippen LogP contribution in [0.5, 0.6) is 0 Å². The van der Waals surface area contributed by atoms with Crippen molar-refractivity contribution in [2.24, 2.45) is 0 Å². The largest absolute Gasteiger partial charge is 4.00 e. The molecule has 0 heterocycles. The maximum Gasteiger partial charge on any atom is 4.00 e. The average Bonchev–Trinajstić information content (AvgIpc) is 2.43. The number of hydrogen-bond donors (Lipinski definition) is 5. The van der Waals surface area contributed by atoms with Gasteiger partial charge in [-0.05, 0) is 7.05 Å². The predicted octanol–water partition coefficient (Wildman–Crippen LogP) is -0.187. The number of hydrogen-bond acceptors (Lipinski definition) is 5. The minimum atomic E-state index is 0. The van der Waals surface area contributed by atoms with Gasteiger partial charge in [0.05, 0.1) is 6.61 Å². The third-order valence-corrected chi connectivity index (χ3v) is 1.17. The van der Waals surface area contributed by atoms with Crippen LogP contribution < -0.4 is 5.32 Å². The summed E-state index contributed by atoms with van der Waals surface area (Å²) in [6.07, 6.45) is 0.625. The molecule has 21 heavy (non-hydrogen) atoms. The number of rotatable bonds is 7. The molecule has 0 unspecified atom stereocenters. The normalized spacial score (nSPS) is 7.43. The molecule has 130 valence electrons. The predicted molar refractivity (Wildman–Crippen MR) is 87.0 cm³/mol. The van der Waals surface area contributed by atoms with E-state index in [9.17, 15) is 0 Å². The van der Waals surface area contributed by atoms with Crippen molar-refractivity contribution in [2.45, 2.75) is 6.42 Å². The molecule has 0 atom stereocenters. The van der Waals surface area contributed by atoms with Crippen molar-refractivity contribution < 1.29 is 42.1 Å². The summed E-state index contributed by atoms with van der Waals surface area (Å²) in [5.74, 6) is 0. The van der Waals surface area contributed by atoms with Crippen molar-refractivity contribution >= 4 is 0 Å². The van der Waals surface area contributed by atoms with Crippen LogP contribution in [0, 0.1) is 14.4 Å². The fourth-order valence-corrected chi connectivity index (χ4v) is 0.312. The van der Waals surface area contributed by atoms with Gasteiger partial charge in [0.2, 0.25) is 0 Å². The number of likely N-dealkylation sites (N-methyl/N-ethyl adjacent to an activating group) is 3. The van der Waals surface area contributed by atoms with E-state index in [1.165, 1.54) is 0 Å². The molecule has 0 fully saturated rings. The van der Waals surface area contributed by atoms with Gasteiger partial charge < -0.3 is 50.7 Å². The summed E-state index contributed by atoms with van der Waals surface area (Å²) >= 11 is 0. The molecule has 0 aromatic rings. The van der Waals surface area contributed by atoms with Gasteiger partial charge in [0.15, 0.2) is 0 Å². The first-order valence-corrected chi connectivity index (χ1v) is 6.15. The van der Waals surface area contributed by atoms with E-state index in [-0.39, 0.29) is 55.6 Å². The Hall–Kier alpha value is 0.434. The molecule has 7 nitrogen and oxygen atoms in total. The minimum Gasteiger partial charge on any atom is -0.663 e. The number of nitrogens with one attached hydrogen (secondary N) is 1. The molecule has 0 aliphatic heterocycles. The molecule has 0 rings (SSSR count). The second-order valence-electron chi connectivity index (χ2n) is 2.93. The van der Waals surface area contributed by atoms with Gasteiger partial charge in [0.1, 0.15) is 0 Å². The molecule has 0 amide bonds. The SMILES string of the molecule is CNCCO.C[N-]CCO.C[N-]CCO.[CH2-]CCO.[CH3-].[Ti+4]. The third kappa shape index (κ3) is 126. The monoisotopic (exact) mass is 345 g/mol. The number of nitrogens with zero attached hydrogens (tertiary/aromatic N) is 2. The van der Waals surface area contributed by atoms with Gasteiger partial charge >= 0.3 is 21.7 Å². The smallest absolute Gasteiger partial charge is 0.663 e. The van der Waals surface area contributed by atoms with Crippen molar-refractivity contribution in [2.75, 3.05) is 67.2 Å². The van der Waals surface area contributed by atoms with Gasteiger partial charge in [-0.2, -0.15) is 20.5 Å². The second-order valence-corrected chi connectivity index (χ2v) is 2.93. The summed E-state index contributed by atoms with van der Waals surface area (Å²) < 4.78 is 0. The van der Waals surface area contributed by atoms with Gasteiger partial charge in [-0.25, -0.2) is 0 Å². The first-order valence-electron chi connectivity index (χ1n) is 6.15. The summed E-state index contributed by atoms with van der Waals surface area (Å²) in [4.78, 5) is 0. The third-order valence-electron chi connectivity index (χ3n) is 1.17. The molecule has 0 bridgehead atoms. The number of aliphatic hydroxyl groups is 4. The van der Waals surface area contributed by atoms with Gasteiger partial charge in [0.25, 0.3) is 0 Å². The molecule has 0 saturated heterocycles. The Morgan fingerprint density at radius 2 is 1.19 bits per heavy atom. The van der Waals surface area contributed by atoms with Crippen LogP contribution in [-0.4, -0.2) is 87.6 Å². The van der Waals surface area contributed by atoms with E-state index >= 15 is 0 Å². The first-order chi connectivity index (χ1) is 9.16. The van der Waals surface area contributed by atoms with E-state index in [4.69, 9.17) is 20.4 Å². The summed E-state index contributed by atoms with van der Waals surface area (Å²) in [5.41, 5.74) is 0. The fourth-order valence-electron chi connectivity index (χ4n) is 0.312. The summed E-state index contributed by atoms with van der Waals surface area (Å²) in [7, 11) is 5.16. The molecule has 0 saturated carbocycles. The molecular formula is C13H35N3O4Ti. The van der Waals surface area contributed by atoms with E-state index < -0.39 is 0 Å². The van der Waals surface area contributed by atoms with Crippen LogP contribution in [0.4, 0.5) is 0 Å². The maximum atomic E-state index is 8.00. The van der Waals surface area contributed by atoms with Crippen molar-refractivity contribution in [3.8, 4) is 0 Å². The molecule has 0 spiro atoms. The summed E-state index contributed by atoms with van der Waals surface area (Å²) in [6, 6.07) is 0. The van der Waals surface area contributed by atoms with Crippen LogP contribution >= 0.6 is 0 Å². The molecular weight excluding hydrogens is 310 g/mol. The zero-order valence-corrected chi connectivity index (χ0v) is 15.6. The van der Waals surface area contributed by atoms with E-state index in [0.29, 0.717) is 26.1 Å². The first kappa shape index (κ1) is 37.6. The van der Waals surface area contributed by atoms with E-state index in [0.717, 1.165) is 0 Å². The Balaban J connectivity index is -0.0000000347. The zero-order chi connectivity index (χ0) is 15.8. The minimum absolute atomic E-state index is 0. The van der Waals surface area contributed by atoms with Gasteiger partial charge in [-0.3, -0.25) is 0 Å². The van der Waals surface area contributed by atoms with E-state index in [1.54, 1.807) is 21.1 Å². The van der Waals surface area contributed by atoms with Crippen LogP contribution in [0.1, 0.15) is 6.42 Å². The quantitative estimate of drug-likeness (QED) is 0.324. The average molecular weight is 345 g/mol. The Bertz CT molecular complexity index is 85.2. The van der Waals surface area contributed by atoms with Gasteiger partial charge in [-0.15, -0.1) is 13.1 Å². The van der Waals surface area contributed by atoms with Crippen LogP contribution in [0.15, 0.2) is 0 Å². The van der Waals surface area contributed by atoms with Crippen molar-refractivity contribution in [3.05, 3.63) is 25.0 Å². The second kappa shape index (κ2) is 59.0. The molecule has 0 radical (unpaired) electrons. The molecule has 8 heteroatoms. The van der Waals surface area contributed by atoms with E-state index in [2.05, 4.69) is 22.9 Å². The Labute approximate surface area is 146 Å². The molecule has 5 N–H and O–H groups in total. The molecule has 0 aliphatic carbocycles. The van der Waals surface area contributed by atoms with E-state index in [1.807, 2.05) is 0 Å². The van der Waals surface area contributed by atoms with Crippen molar-refractivity contribution in [1.29, 1.82) is 0 Å².